The van der Waals surface area contributed by atoms with Crippen LogP contribution in [-0.4, -0.2) is 20.7 Å². The van der Waals surface area contributed by atoms with Gasteiger partial charge < -0.3 is 11.1 Å². The lowest BCUT2D eigenvalue weighted by Gasteiger charge is -2.04. The Bertz CT molecular complexity index is 522. The van der Waals surface area contributed by atoms with Crippen molar-refractivity contribution in [1.82, 2.24) is 14.8 Å². The minimum atomic E-state index is -0.183. The monoisotopic (exact) mass is 295 g/mol. The van der Waals surface area contributed by atoms with Crippen molar-refractivity contribution in [3.63, 3.8) is 0 Å². The number of amides is 1. The van der Waals surface area contributed by atoms with Crippen LogP contribution in [0.2, 0.25) is 0 Å². The van der Waals surface area contributed by atoms with Gasteiger partial charge in [-0.1, -0.05) is 0 Å². The van der Waals surface area contributed by atoms with Crippen molar-refractivity contribution in [3.8, 4) is 0 Å². The van der Waals surface area contributed by atoms with E-state index in [-0.39, 0.29) is 12.5 Å². The van der Waals surface area contributed by atoms with Crippen LogP contribution in [0.25, 0.3) is 0 Å². The summed E-state index contributed by atoms with van der Waals surface area (Å²) < 4.78 is 2.19. The molecule has 0 aliphatic heterocycles. The van der Waals surface area contributed by atoms with E-state index in [1.807, 2.05) is 0 Å². The molecule has 2 heterocycles. The molecule has 0 aliphatic rings. The molecule has 2 rings (SSSR count). The van der Waals surface area contributed by atoms with Crippen LogP contribution in [0, 0.1) is 0 Å². The smallest absolute Gasteiger partial charge is 0.246 e. The number of halogens is 1. The molecular formula is C10H10BrN5O. The Morgan fingerprint density at radius 1 is 1.47 bits per heavy atom. The molecule has 88 valence electrons. The highest BCUT2D eigenvalue weighted by atomic mass is 79.9. The number of nitrogens with one attached hydrogen (secondary N) is 1. The second kappa shape index (κ2) is 4.96. The van der Waals surface area contributed by atoms with Crippen molar-refractivity contribution >= 4 is 33.3 Å². The fraction of sp³-hybridized carbons (Fsp3) is 0.100. The third kappa shape index (κ3) is 3.28. The van der Waals surface area contributed by atoms with Crippen LogP contribution in [0.5, 0.6) is 0 Å². The molecule has 0 aromatic carbocycles. The zero-order chi connectivity index (χ0) is 12.3. The van der Waals surface area contributed by atoms with Crippen molar-refractivity contribution < 1.29 is 4.79 Å². The number of carbonyl (C=O) groups excluding carboxylic acids is 1. The van der Waals surface area contributed by atoms with E-state index in [1.54, 1.807) is 30.6 Å². The fourth-order valence-corrected chi connectivity index (χ4v) is 1.50. The maximum Gasteiger partial charge on any atom is 0.246 e. The van der Waals surface area contributed by atoms with Crippen LogP contribution >= 0.6 is 15.9 Å². The van der Waals surface area contributed by atoms with Gasteiger partial charge in [-0.05, 0) is 34.1 Å². The molecule has 2 aromatic heterocycles. The molecule has 6 nitrogen and oxygen atoms in total. The zero-order valence-electron chi connectivity index (χ0n) is 8.80. The van der Waals surface area contributed by atoms with Crippen LogP contribution in [0.1, 0.15) is 0 Å². The van der Waals surface area contributed by atoms with Crippen LogP contribution in [0.15, 0.2) is 35.2 Å². The number of carbonyl (C=O) groups is 1. The lowest BCUT2D eigenvalue weighted by molar-refractivity contribution is -0.116. The van der Waals surface area contributed by atoms with E-state index in [1.165, 1.54) is 4.68 Å². The van der Waals surface area contributed by atoms with Gasteiger partial charge >= 0.3 is 0 Å². The molecule has 0 unspecified atom stereocenters. The van der Waals surface area contributed by atoms with Crippen LogP contribution in [0.3, 0.4) is 0 Å². The average molecular weight is 296 g/mol. The molecule has 0 radical (unpaired) electrons. The Morgan fingerprint density at radius 2 is 2.29 bits per heavy atom. The molecule has 0 fully saturated rings. The van der Waals surface area contributed by atoms with E-state index < -0.39 is 0 Å². The predicted octanol–water partition coefficient (Wildman–Crippen LogP) is 1.26. The van der Waals surface area contributed by atoms with Crippen molar-refractivity contribution in [1.29, 1.82) is 0 Å². The van der Waals surface area contributed by atoms with E-state index in [0.717, 1.165) is 4.60 Å². The first kappa shape index (κ1) is 11.6. The van der Waals surface area contributed by atoms with Gasteiger partial charge in [0.15, 0.2) is 0 Å². The topological polar surface area (TPSA) is 85.8 Å². The quantitative estimate of drug-likeness (QED) is 0.835. The first-order valence-electron chi connectivity index (χ1n) is 4.84. The predicted molar refractivity (Wildman–Crippen MR) is 67.2 cm³/mol. The van der Waals surface area contributed by atoms with Gasteiger partial charge in [0.2, 0.25) is 5.91 Å². The number of anilines is 2. The molecule has 2 aromatic rings. The first-order valence-corrected chi connectivity index (χ1v) is 5.63. The Hall–Kier alpha value is -1.89. The van der Waals surface area contributed by atoms with E-state index in [2.05, 4.69) is 31.3 Å². The molecule has 3 N–H and O–H groups in total. The van der Waals surface area contributed by atoms with Gasteiger partial charge in [0.25, 0.3) is 0 Å². The van der Waals surface area contributed by atoms with Crippen molar-refractivity contribution in [2.24, 2.45) is 0 Å². The summed E-state index contributed by atoms with van der Waals surface area (Å²) in [6.07, 6.45) is 3.22. The lowest BCUT2D eigenvalue weighted by atomic mass is 10.4. The highest BCUT2D eigenvalue weighted by molar-refractivity contribution is 9.10. The lowest BCUT2D eigenvalue weighted by Crippen LogP contribution is -2.19. The third-order valence-electron chi connectivity index (χ3n) is 1.98. The summed E-state index contributed by atoms with van der Waals surface area (Å²) >= 11 is 3.22. The number of rotatable bonds is 3. The molecule has 1 amide bonds. The maximum absolute atomic E-state index is 11.6. The highest BCUT2D eigenvalue weighted by Crippen LogP contribution is 2.10. The van der Waals surface area contributed by atoms with Crippen molar-refractivity contribution in [2.45, 2.75) is 6.54 Å². The number of nitrogens with two attached hydrogens (primary N) is 1. The molecular weight excluding hydrogens is 286 g/mol. The zero-order valence-corrected chi connectivity index (χ0v) is 10.4. The summed E-state index contributed by atoms with van der Waals surface area (Å²) in [7, 11) is 0. The molecule has 7 heteroatoms. The number of pyridine rings is 1. The minimum absolute atomic E-state index is 0.118. The molecule has 0 aliphatic carbocycles. The van der Waals surface area contributed by atoms with Gasteiger partial charge in [0.1, 0.15) is 17.0 Å². The number of hydrogen-bond donors (Lipinski definition) is 2. The Morgan fingerprint density at radius 3 is 2.88 bits per heavy atom. The molecule has 0 atom stereocenters. The van der Waals surface area contributed by atoms with E-state index in [9.17, 15) is 4.79 Å². The second-order valence-electron chi connectivity index (χ2n) is 3.36. The Balaban J connectivity index is 1.95. The van der Waals surface area contributed by atoms with Crippen LogP contribution in [-0.2, 0) is 11.3 Å². The van der Waals surface area contributed by atoms with E-state index in [4.69, 9.17) is 5.73 Å². The normalized spacial score (nSPS) is 10.2. The standard InChI is InChI=1S/C10H10BrN5O/c11-8-2-1-7(5-13-8)14-10(17)6-16-4-3-9(12)15-16/h1-5H,6H2,(H2,12,15)(H,14,17). The van der Waals surface area contributed by atoms with Gasteiger partial charge in [0, 0.05) is 6.20 Å². The minimum Gasteiger partial charge on any atom is -0.382 e. The number of aromatic nitrogens is 3. The summed E-state index contributed by atoms with van der Waals surface area (Å²) in [6, 6.07) is 5.14. The summed E-state index contributed by atoms with van der Waals surface area (Å²) in [4.78, 5) is 15.6. The maximum atomic E-state index is 11.6. The van der Waals surface area contributed by atoms with Gasteiger partial charge in [-0.2, -0.15) is 5.10 Å². The largest absolute Gasteiger partial charge is 0.382 e. The van der Waals surface area contributed by atoms with Crippen molar-refractivity contribution in [3.05, 3.63) is 35.2 Å². The Kier molecular flexibility index (Phi) is 3.38. The fourth-order valence-electron chi connectivity index (χ4n) is 1.26. The second-order valence-corrected chi connectivity index (χ2v) is 4.17. The van der Waals surface area contributed by atoms with Gasteiger partial charge in [0.05, 0.1) is 11.9 Å². The third-order valence-corrected chi connectivity index (χ3v) is 2.45. The average Bonchev–Trinajstić information content (AvgIpc) is 2.67. The summed E-state index contributed by atoms with van der Waals surface area (Å²) in [5.74, 6) is 0.209. The summed E-state index contributed by atoms with van der Waals surface area (Å²) in [6.45, 7) is 0.118. The highest BCUT2D eigenvalue weighted by Gasteiger charge is 2.04. The van der Waals surface area contributed by atoms with E-state index >= 15 is 0 Å². The summed E-state index contributed by atoms with van der Waals surface area (Å²) in [5.41, 5.74) is 6.08. The number of hydrogen-bond acceptors (Lipinski definition) is 4. The van der Waals surface area contributed by atoms with Gasteiger partial charge in [-0.3, -0.25) is 9.48 Å². The number of nitrogens with zero attached hydrogens (tertiary/aromatic N) is 3. The Labute approximate surface area is 106 Å². The van der Waals surface area contributed by atoms with E-state index in [0.29, 0.717) is 11.5 Å². The summed E-state index contributed by atoms with van der Waals surface area (Å²) in [5, 5.41) is 6.62. The van der Waals surface area contributed by atoms with Gasteiger partial charge in [-0.25, -0.2) is 4.98 Å². The molecule has 0 saturated heterocycles. The molecule has 17 heavy (non-hydrogen) atoms. The molecule has 0 bridgehead atoms. The number of nitrogen functional groups attached to an aromatic ring is 1. The van der Waals surface area contributed by atoms with Crippen molar-refractivity contribution in [2.75, 3.05) is 11.1 Å². The van der Waals surface area contributed by atoms with Crippen LogP contribution in [0.4, 0.5) is 11.5 Å². The molecule has 0 saturated carbocycles. The first-order chi connectivity index (χ1) is 8.13. The molecule has 0 spiro atoms. The van der Waals surface area contributed by atoms with Gasteiger partial charge in [-0.15, -0.1) is 0 Å². The van der Waals surface area contributed by atoms with Crippen LogP contribution < -0.4 is 11.1 Å². The SMILES string of the molecule is Nc1ccn(CC(=O)Nc2ccc(Br)nc2)n1.